The number of aromatic hydroxyl groups is 1. The van der Waals surface area contributed by atoms with E-state index >= 15 is 0 Å². The molecule has 1 heterocycles. The average molecular weight is 199 g/mol. The van der Waals surface area contributed by atoms with Crippen molar-refractivity contribution in [3.63, 3.8) is 0 Å². The van der Waals surface area contributed by atoms with Crippen LogP contribution in [0.4, 0.5) is 14.5 Å². The number of amides is 1. The number of rotatable bonds is 0. The molecule has 0 atom stereocenters. The van der Waals surface area contributed by atoms with Crippen LogP contribution in [0.2, 0.25) is 0 Å². The molecule has 1 aliphatic heterocycles. The Labute approximate surface area is 78.4 Å². The maximum atomic E-state index is 13.1. The predicted molar refractivity (Wildman–Crippen MR) is 45.0 cm³/mol. The molecule has 0 bridgehead atoms. The molecule has 0 radical (unpaired) electrons. The maximum Gasteiger partial charge on any atom is 0.224 e. The van der Waals surface area contributed by atoms with Gasteiger partial charge in [0.05, 0.1) is 5.69 Å². The van der Waals surface area contributed by atoms with Crippen LogP contribution in [0.25, 0.3) is 0 Å². The highest BCUT2D eigenvalue weighted by molar-refractivity contribution is 5.94. The molecular formula is C9H7F2NO2. The molecule has 3 nitrogen and oxygen atoms in total. The molecule has 1 aromatic carbocycles. The Morgan fingerprint density at radius 1 is 1.29 bits per heavy atom. The Bertz CT molecular complexity index is 418. The van der Waals surface area contributed by atoms with Crippen molar-refractivity contribution in [3.05, 3.63) is 23.3 Å². The number of phenolic OH excluding ortho intramolecular Hbond substituents is 1. The molecule has 0 saturated carbocycles. The van der Waals surface area contributed by atoms with Crippen molar-refractivity contribution >= 4 is 11.6 Å². The van der Waals surface area contributed by atoms with Gasteiger partial charge in [-0.3, -0.25) is 4.79 Å². The van der Waals surface area contributed by atoms with Crippen LogP contribution in [-0.4, -0.2) is 11.0 Å². The molecular weight excluding hydrogens is 192 g/mol. The van der Waals surface area contributed by atoms with Crippen molar-refractivity contribution in [2.45, 2.75) is 12.8 Å². The van der Waals surface area contributed by atoms with Crippen molar-refractivity contribution in [2.75, 3.05) is 5.32 Å². The Morgan fingerprint density at radius 3 is 2.71 bits per heavy atom. The molecule has 0 saturated heterocycles. The first-order chi connectivity index (χ1) is 6.59. The van der Waals surface area contributed by atoms with Gasteiger partial charge in [-0.2, -0.15) is 0 Å². The summed E-state index contributed by atoms with van der Waals surface area (Å²) in [6, 6.07) is 0.555. The number of fused-ring (bicyclic) bond motifs is 1. The number of carbonyl (C=O) groups excluding carboxylic acids is 1. The minimum absolute atomic E-state index is 0.111. The normalized spacial score (nSPS) is 14.9. The molecule has 1 aliphatic rings. The number of nitrogens with one attached hydrogen (secondary N) is 1. The lowest BCUT2D eigenvalue weighted by Gasteiger charge is -2.18. The molecule has 0 aliphatic carbocycles. The van der Waals surface area contributed by atoms with Crippen molar-refractivity contribution in [1.29, 1.82) is 0 Å². The van der Waals surface area contributed by atoms with E-state index in [1.807, 2.05) is 0 Å². The Kier molecular flexibility index (Phi) is 1.87. The van der Waals surface area contributed by atoms with Gasteiger partial charge < -0.3 is 10.4 Å². The zero-order chi connectivity index (χ0) is 10.3. The highest BCUT2D eigenvalue weighted by Gasteiger charge is 2.23. The number of hydrogen-bond acceptors (Lipinski definition) is 2. The Hall–Kier alpha value is -1.65. The van der Waals surface area contributed by atoms with Crippen LogP contribution in [0, 0.1) is 11.6 Å². The first-order valence-electron chi connectivity index (χ1n) is 4.09. The van der Waals surface area contributed by atoms with E-state index in [1.54, 1.807) is 0 Å². The van der Waals surface area contributed by atoms with Gasteiger partial charge in [0.2, 0.25) is 5.91 Å². The molecule has 5 heteroatoms. The van der Waals surface area contributed by atoms with Crippen LogP contribution in [-0.2, 0) is 11.2 Å². The third-order valence-electron chi connectivity index (χ3n) is 2.17. The third-order valence-corrected chi connectivity index (χ3v) is 2.17. The summed E-state index contributed by atoms with van der Waals surface area (Å²) in [7, 11) is 0. The molecule has 2 rings (SSSR count). The van der Waals surface area contributed by atoms with Crippen molar-refractivity contribution in [1.82, 2.24) is 0 Å². The molecule has 0 fully saturated rings. The number of carbonyl (C=O) groups is 1. The molecule has 2 N–H and O–H groups in total. The van der Waals surface area contributed by atoms with E-state index in [9.17, 15) is 18.7 Å². The molecule has 0 aromatic heterocycles. The summed E-state index contributed by atoms with van der Waals surface area (Å²) >= 11 is 0. The fourth-order valence-corrected chi connectivity index (χ4v) is 1.48. The van der Waals surface area contributed by atoms with Gasteiger partial charge >= 0.3 is 0 Å². The predicted octanol–water partition coefficient (Wildman–Crippen LogP) is 1.56. The van der Waals surface area contributed by atoms with E-state index in [2.05, 4.69) is 5.32 Å². The van der Waals surface area contributed by atoms with Crippen LogP contribution < -0.4 is 5.32 Å². The van der Waals surface area contributed by atoms with E-state index in [0.717, 1.165) is 0 Å². The second-order valence-corrected chi connectivity index (χ2v) is 3.09. The van der Waals surface area contributed by atoms with Gasteiger partial charge in [0.1, 0.15) is 5.82 Å². The summed E-state index contributed by atoms with van der Waals surface area (Å²) in [4.78, 5) is 10.9. The SMILES string of the molecule is O=C1CCc2c(O)c(F)cc(F)c2N1. The lowest BCUT2D eigenvalue weighted by Crippen LogP contribution is -2.20. The van der Waals surface area contributed by atoms with Crippen molar-refractivity contribution in [3.8, 4) is 5.75 Å². The number of anilines is 1. The molecule has 1 aromatic rings. The number of halogens is 2. The zero-order valence-electron chi connectivity index (χ0n) is 7.10. The van der Waals surface area contributed by atoms with Crippen LogP contribution in [0.1, 0.15) is 12.0 Å². The monoisotopic (exact) mass is 199 g/mol. The summed E-state index contributed by atoms with van der Waals surface area (Å²) in [5, 5.41) is 11.5. The first kappa shape index (κ1) is 8.93. The minimum atomic E-state index is -1.00. The average Bonchev–Trinajstić information content (AvgIpc) is 2.14. The fraction of sp³-hybridized carbons (Fsp3) is 0.222. The Balaban J connectivity index is 2.62. The van der Waals surface area contributed by atoms with E-state index < -0.39 is 17.4 Å². The Morgan fingerprint density at radius 2 is 2.00 bits per heavy atom. The smallest absolute Gasteiger partial charge is 0.224 e. The van der Waals surface area contributed by atoms with Gasteiger partial charge in [0.25, 0.3) is 0 Å². The van der Waals surface area contributed by atoms with Gasteiger partial charge in [0, 0.05) is 18.1 Å². The summed E-state index contributed by atoms with van der Waals surface area (Å²) in [6.45, 7) is 0. The highest BCUT2D eigenvalue weighted by atomic mass is 19.1. The van der Waals surface area contributed by atoms with Crippen LogP contribution in [0.3, 0.4) is 0 Å². The number of benzene rings is 1. The van der Waals surface area contributed by atoms with Crippen molar-refractivity contribution in [2.24, 2.45) is 0 Å². The summed E-state index contributed by atoms with van der Waals surface area (Å²) in [5.41, 5.74) is 0.0160. The van der Waals surface area contributed by atoms with Gasteiger partial charge in [-0.25, -0.2) is 8.78 Å². The zero-order valence-corrected chi connectivity index (χ0v) is 7.10. The van der Waals surface area contributed by atoms with Gasteiger partial charge in [-0.05, 0) is 6.42 Å². The number of hydrogen-bond donors (Lipinski definition) is 2. The quantitative estimate of drug-likeness (QED) is 0.666. The molecule has 0 unspecified atom stereocenters. The third kappa shape index (κ3) is 1.21. The summed E-state index contributed by atoms with van der Waals surface area (Å²) in [6.07, 6.45) is 0.283. The fourth-order valence-electron chi connectivity index (χ4n) is 1.48. The standard InChI is InChI=1S/C9H7F2NO2/c10-5-3-6(11)9(14)4-1-2-7(13)12-8(4)5/h3,14H,1-2H2,(H,12,13). The summed E-state index contributed by atoms with van der Waals surface area (Å²) < 4.78 is 26.0. The highest BCUT2D eigenvalue weighted by Crippen LogP contribution is 2.34. The lowest BCUT2D eigenvalue weighted by atomic mass is 10.0. The van der Waals surface area contributed by atoms with E-state index in [0.29, 0.717) is 6.07 Å². The molecule has 1 amide bonds. The van der Waals surface area contributed by atoms with E-state index in [4.69, 9.17) is 0 Å². The van der Waals surface area contributed by atoms with Gasteiger partial charge in [0.15, 0.2) is 11.6 Å². The largest absolute Gasteiger partial charge is 0.505 e. The minimum Gasteiger partial charge on any atom is -0.505 e. The van der Waals surface area contributed by atoms with Crippen LogP contribution >= 0.6 is 0 Å². The first-order valence-corrected chi connectivity index (χ1v) is 4.09. The van der Waals surface area contributed by atoms with Gasteiger partial charge in [-0.1, -0.05) is 0 Å². The molecule has 74 valence electrons. The molecule has 0 spiro atoms. The molecule has 14 heavy (non-hydrogen) atoms. The van der Waals surface area contributed by atoms with Gasteiger partial charge in [-0.15, -0.1) is 0 Å². The summed E-state index contributed by atoms with van der Waals surface area (Å²) in [5.74, 6) is -2.77. The van der Waals surface area contributed by atoms with Crippen LogP contribution in [0.5, 0.6) is 5.75 Å². The second-order valence-electron chi connectivity index (χ2n) is 3.09. The van der Waals surface area contributed by atoms with E-state index in [1.165, 1.54) is 0 Å². The lowest BCUT2D eigenvalue weighted by molar-refractivity contribution is -0.116. The van der Waals surface area contributed by atoms with Crippen molar-refractivity contribution < 1.29 is 18.7 Å². The maximum absolute atomic E-state index is 13.1. The topological polar surface area (TPSA) is 49.3 Å². The van der Waals surface area contributed by atoms with E-state index in [-0.39, 0.29) is 30.0 Å². The second kappa shape index (κ2) is 2.94. The van der Waals surface area contributed by atoms with Crippen LogP contribution in [0.15, 0.2) is 6.07 Å². The number of phenols is 1.